The van der Waals surface area contributed by atoms with Crippen molar-refractivity contribution in [2.24, 2.45) is 11.8 Å². The van der Waals surface area contributed by atoms with Gasteiger partial charge in [-0.3, -0.25) is 10.2 Å². The number of rotatable bonds is 3. The molecule has 3 N–H and O–H groups in total. The lowest BCUT2D eigenvalue weighted by molar-refractivity contribution is -0.124. The first-order valence-electron chi connectivity index (χ1n) is 6.17. The number of nitrogens with zero attached hydrogens (tertiary/aromatic N) is 1. The number of carbonyl (C=O) groups is 2. The van der Waals surface area contributed by atoms with Crippen LogP contribution in [-0.4, -0.2) is 30.0 Å². The van der Waals surface area contributed by atoms with Gasteiger partial charge < -0.3 is 9.64 Å². The minimum Gasteiger partial charge on any atom is -0.445 e. The van der Waals surface area contributed by atoms with Gasteiger partial charge in [0.1, 0.15) is 6.61 Å². The minimum absolute atomic E-state index is 0.238. The molecular weight excluding hydrogens is 246 g/mol. The number of amides is 2. The molecule has 6 nitrogen and oxygen atoms in total. The molecule has 1 aliphatic rings. The number of carbonyl (C=O) groups excluding carboxylic acids is 2. The summed E-state index contributed by atoms with van der Waals surface area (Å²) in [7, 11) is 0. The van der Waals surface area contributed by atoms with E-state index in [9.17, 15) is 9.59 Å². The number of hydrogen-bond acceptors (Lipinski definition) is 4. The Bertz CT molecular complexity index is 450. The molecule has 2 amide bonds. The van der Waals surface area contributed by atoms with Gasteiger partial charge in [-0.25, -0.2) is 10.6 Å². The Hall–Kier alpha value is -2.08. The zero-order chi connectivity index (χ0) is 13.7. The Morgan fingerprint density at radius 2 is 2.11 bits per heavy atom. The summed E-state index contributed by atoms with van der Waals surface area (Å²) in [6.45, 7) is 1.12. The molecule has 0 aliphatic carbocycles. The van der Waals surface area contributed by atoms with Gasteiger partial charge in [0.15, 0.2) is 0 Å². The predicted octanol–water partition coefficient (Wildman–Crippen LogP) is 0.635. The fraction of sp³-hybridized carbons (Fsp3) is 0.385. The van der Waals surface area contributed by atoms with Crippen molar-refractivity contribution in [3.8, 4) is 0 Å². The molecule has 102 valence electrons. The van der Waals surface area contributed by atoms with Gasteiger partial charge in [-0.05, 0) is 12.0 Å². The van der Waals surface area contributed by atoms with Crippen LogP contribution in [0.4, 0.5) is 4.79 Å². The topological polar surface area (TPSA) is 84.7 Å². The second kappa shape index (κ2) is 6.19. The summed E-state index contributed by atoms with van der Waals surface area (Å²) in [5, 5.41) is 0. The Kier molecular flexibility index (Phi) is 4.35. The fourth-order valence-corrected chi connectivity index (χ4v) is 2.07. The number of nitrogens with one attached hydrogen (secondary N) is 1. The molecule has 0 saturated carbocycles. The molecule has 0 radical (unpaired) electrons. The van der Waals surface area contributed by atoms with Crippen LogP contribution in [0, 0.1) is 5.92 Å². The number of likely N-dealkylation sites (tertiary alicyclic amines) is 1. The Labute approximate surface area is 111 Å². The third-order valence-electron chi connectivity index (χ3n) is 3.16. The molecule has 1 heterocycles. The van der Waals surface area contributed by atoms with Gasteiger partial charge in [0, 0.05) is 13.1 Å². The predicted molar refractivity (Wildman–Crippen MR) is 68.6 cm³/mol. The van der Waals surface area contributed by atoms with Crippen molar-refractivity contribution in [2.45, 2.75) is 13.0 Å². The standard InChI is InChI=1S/C13H17N3O3/c14-15-12(17)11-6-7-16(8-11)13(18)19-9-10-4-2-1-3-5-10/h1-5,11H,6-9,14H2,(H,15,17). The Morgan fingerprint density at radius 3 is 2.79 bits per heavy atom. The number of ether oxygens (including phenoxy) is 1. The first kappa shape index (κ1) is 13.4. The molecule has 1 aromatic carbocycles. The third-order valence-corrected chi connectivity index (χ3v) is 3.16. The van der Waals surface area contributed by atoms with E-state index in [1.165, 1.54) is 4.90 Å². The summed E-state index contributed by atoms with van der Waals surface area (Å²) < 4.78 is 5.20. The minimum atomic E-state index is -0.392. The van der Waals surface area contributed by atoms with Gasteiger partial charge in [-0.1, -0.05) is 30.3 Å². The quantitative estimate of drug-likeness (QED) is 0.476. The summed E-state index contributed by atoms with van der Waals surface area (Å²) in [6.07, 6.45) is 0.222. The van der Waals surface area contributed by atoms with E-state index >= 15 is 0 Å². The van der Waals surface area contributed by atoms with E-state index in [-0.39, 0.29) is 18.4 Å². The van der Waals surface area contributed by atoms with Crippen LogP contribution >= 0.6 is 0 Å². The molecule has 1 unspecified atom stereocenters. The summed E-state index contributed by atoms with van der Waals surface area (Å²) in [5.41, 5.74) is 3.04. The second-order valence-electron chi connectivity index (χ2n) is 4.48. The molecule has 0 aromatic heterocycles. The van der Waals surface area contributed by atoms with E-state index in [1.807, 2.05) is 30.3 Å². The molecule has 1 fully saturated rings. The van der Waals surface area contributed by atoms with Crippen LogP contribution in [0.15, 0.2) is 30.3 Å². The summed E-state index contributed by atoms with van der Waals surface area (Å²) in [5.74, 6) is 4.59. The Balaban J connectivity index is 1.80. The largest absolute Gasteiger partial charge is 0.445 e. The molecule has 6 heteroatoms. The molecule has 1 atom stereocenters. The van der Waals surface area contributed by atoms with Crippen molar-refractivity contribution >= 4 is 12.0 Å². The molecule has 0 spiro atoms. The average molecular weight is 263 g/mol. The van der Waals surface area contributed by atoms with E-state index in [4.69, 9.17) is 10.6 Å². The lowest BCUT2D eigenvalue weighted by Gasteiger charge is -2.16. The van der Waals surface area contributed by atoms with Gasteiger partial charge in [0.25, 0.3) is 0 Å². The van der Waals surface area contributed by atoms with Crippen LogP contribution in [0.1, 0.15) is 12.0 Å². The van der Waals surface area contributed by atoms with Crippen LogP contribution in [0.2, 0.25) is 0 Å². The van der Waals surface area contributed by atoms with Gasteiger partial charge in [0.05, 0.1) is 5.92 Å². The summed E-state index contributed by atoms with van der Waals surface area (Å²) in [6, 6.07) is 9.47. The van der Waals surface area contributed by atoms with Gasteiger partial charge in [-0.15, -0.1) is 0 Å². The van der Waals surface area contributed by atoms with E-state index in [1.54, 1.807) is 0 Å². The maximum atomic E-state index is 11.8. The van der Waals surface area contributed by atoms with Crippen molar-refractivity contribution in [3.63, 3.8) is 0 Å². The van der Waals surface area contributed by atoms with E-state index in [2.05, 4.69) is 5.43 Å². The molecular formula is C13H17N3O3. The van der Waals surface area contributed by atoms with Gasteiger partial charge in [0.2, 0.25) is 5.91 Å². The lowest BCUT2D eigenvalue weighted by Crippen LogP contribution is -2.38. The number of nitrogens with two attached hydrogens (primary N) is 1. The summed E-state index contributed by atoms with van der Waals surface area (Å²) >= 11 is 0. The lowest BCUT2D eigenvalue weighted by atomic mass is 10.1. The number of benzene rings is 1. The van der Waals surface area contributed by atoms with Crippen LogP contribution < -0.4 is 11.3 Å². The van der Waals surface area contributed by atoms with Crippen molar-refractivity contribution in [2.75, 3.05) is 13.1 Å². The van der Waals surface area contributed by atoms with Crippen LogP contribution in [-0.2, 0) is 16.1 Å². The number of hydrazine groups is 1. The average Bonchev–Trinajstić information content (AvgIpc) is 2.95. The van der Waals surface area contributed by atoms with Crippen LogP contribution in [0.3, 0.4) is 0 Å². The molecule has 1 aliphatic heterocycles. The first-order chi connectivity index (χ1) is 9.20. The zero-order valence-corrected chi connectivity index (χ0v) is 10.5. The van der Waals surface area contributed by atoms with E-state index in [0.29, 0.717) is 19.5 Å². The highest BCUT2D eigenvalue weighted by atomic mass is 16.6. The van der Waals surface area contributed by atoms with E-state index in [0.717, 1.165) is 5.56 Å². The normalized spacial score (nSPS) is 18.2. The highest BCUT2D eigenvalue weighted by Gasteiger charge is 2.31. The molecule has 19 heavy (non-hydrogen) atoms. The van der Waals surface area contributed by atoms with Gasteiger partial charge in [-0.2, -0.15) is 0 Å². The zero-order valence-electron chi connectivity index (χ0n) is 10.5. The van der Waals surface area contributed by atoms with Gasteiger partial charge >= 0.3 is 6.09 Å². The SMILES string of the molecule is NNC(=O)C1CCN(C(=O)OCc2ccccc2)C1. The molecule has 1 saturated heterocycles. The maximum absolute atomic E-state index is 11.8. The van der Waals surface area contributed by atoms with Crippen molar-refractivity contribution in [1.29, 1.82) is 0 Å². The highest BCUT2D eigenvalue weighted by Crippen LogP contribution is 2.17. The Morgan fingerprint density at radius 1 is 1.37 bits per heavy atom. The number of hydrogen-bond donors (Lipinski definition) is 2. The monoisotopic (exact) mass is 263 g/mol. The molecule has 0 bridgehead atoms. The molecule has 2 rings (SSSR count). The third kappa shape index (κ3) is 3.45. The van der Waals surface area contributed by atoms with Crippen LogP contribution in [0.25, 0.3) is 0 Å². The fourth-order valence-electron chi connectivity index (χ4n) is 2.07. The molecule has 1 aromatic rings. The van der Waals surface area contributed by atoms with Crippen molar-refractivity contribution < 1.29 is 14.3 Å². The van der Waals surface area contributed by atoms with Crippen LogP contribution in [0.5, 0.6) is 0 Å². The summed E-state index contributed by atoms with van der Waals surface area (Å²) in [4.78, 5) is 24.7. The smallest absolute Gasteiger partial charge is 0.410 e. The van der Waals surface area contributed by atoms with E-state index < -0.39 is 6.09 Å². The van der Waals surface area contributed by atoms with Crippen molar-refractivity contribution in [1.82, 2.24) is 10.3 Å². The highest BCUT2D eigenvalue weighted by molar-refractivity contribution is 5.79. The van der Waals surface area contributed by atoms with Crippen molar-refractivity contribution in [3.05, 3.63) is 35.9 Å². The maximum Gasteiger partial charge on any atom is 0.410 e. The first-order valence-corrected chi connectivity index (χ1v) is 6.17. The second-order valence-corrected chi connectivity index (χ2v) is 4.48.